The minimum Gasteiger partial charge on any atom is -0.393 e. The van der Waals surface area contributed by atoms with Crippen LogP contribution in [0.15, 0.2) is 27.6 Å². The van der Waals surface area contributed by atoms with Gasteiger partial charge in [0.05, 0.1) is 6.10 Å². The molecule has 0 saturated carbocycles. The summed E-state index contributed by atoms with van der Waals surface area (Å²) in [5.41, 5.74) is 0. The van der Waals surface area contributed by atoms with Gasteiger partial charge >= 0.3 is 0 Å². The first-order valence-corrected chi connectivity index (χ1v) is 7.78. The molecule has 4 nitrogen and oxygen atoms in total. The molecular formula is C11H13BrFNO3S. The lowest BCUT2D eigenvalue weighted by Gasteiger charge is -2.29. The molecule has 2 rings (SSSR count). The summed E-state index contributed by atoms with van der Waals surface area (Å²) in [7, 11) is -3.85. The first-order valence-electron chi connectivity index (χ1n) is 5.55. The highest BCUT2D eigenvalue weighted by Crippen LogP contribution is 2.29. The molecule has 0 spiro atoms. The number of rotatable bonds is 2. The minimum atomic E-state index is -3.85. The standard InChI is InChI=1S/C11H13BrFNO3S/c12-9-2-1-3-10(13)11(9)18(16,17)14-6-4-8(15)5-7-14/h1-3,8,15H,4-7H2. The highest BCUT2D eigenvalue weighted by Gasteiger charge is 2.32. The van der Waals surface area contributed by atoms with E-state index in [1.54, 1.807) is 0 Å². The molecule has 1 fully saturated rings. The zero-order valence-corrected chi connectivity index (χ0v) is 11.9. The molecule has 0 bridgehead atoms. The summed E-state index contributed by atoms with van der Waals surface area (Å²) < 4.78 is 39.7. The maximum absolute atomic E-state index is 13.7. The molecule has 0 atom stereocenters. The topological polar surface area (TPSA) is 57.6 Å². The van der Waals surface area contributed by atoms with Crippen molar-refractivity contribution in [2.24, 2.45) is 0 Å². The molecule has 100 valence electrons. The van der Waals surface area contributed by atoms with Crippen molar-refractivity contribution < 1.29 is 17.9 Å². The molecule has 0 aromatic heterocycles. The molecule has 1 aromatic rings. The summed E-state index contributed by atoms with van der Waals surface area (Å²) in [6.07, 6.45) is 0.289. The van der Waals surface area contributed by atoms with Gasteiger partial charge in [-0.05, 0) is 40.9 Å². The number of aliphatic hydroxyl groups excluding tert-OH is 1. The van der Waals surface area contributed by atoms with Crippen LogP contribution in [0.4, 0.5) is 4.39 Å². The number of piperidine rings is 1. The smallest absolute Gasteiger partial charge is 0.247 e. The van der Waals surface area contributed by atoms with Crippen molar-refractivity contribution in [1.82, 2.24) is 4.31 Å². The number of hydrogen-bond donors (Lipinski definition) is 1. The number of hydrogen-bond acceptors (Lipinski definition) is 3. The Morgan fingerprint density at radius 1 is 1.33 bits per heavy atom. The molecule has 1 aliphatic heterocycles. The van der Waals surface area contributed by atoms with Crippen LogP contribution in [-0.2, 0) is 10.0 Å². The molecule has 1 aliphatic rings. The van der Waals surface area contributed by atoms with E-state index in [-0.39, 0.29) is 22.5 Å². The summed E-state index contributed by atoms with van der Waals surface area (Å²) in [5, 5.41) is 9.37. The van der Waals surface area contributed by atoms with Gasteiger partial charge in [-0.25, -0.2) is 12.8 Å². The predicted octanol–water partition coefficient (Wildman–Crippen LogP) is 1.73. The first-order chi connectivity index (χ1) is 8.43. The van der Waals surface area contributed by atoms with Gasteiger partial charge in [0.2, 0.25) is 10.0 Å². The van der Waals surface area contributed by atoms with Crippen molar-refractivity contribution in [1.29, 1.82) is 0 Å². The van der Waals surface area contributed by atoms with E-state index >= 15 is 0 Å². The van der Waals surface area contributed by atoms with Crippen LogP contribution in [0.3, 0.4) is 0 Å². The van der Waals surface area contributed by atoms with Gasteiger partial charge < -0.3 is 5.11 Å². The second-order valence-electron chi connectivity index (χ2n) is 4.19. The van der Waals surface area contributed by atoms with E-state index in [2.05, 4.69) is 15.9 Å². The summed E-state index contributed by atoms with van der Waals surface area (Å²) >= 11 is 3.07. The van der Waals surface area contributed by atoms with Gasteiger partial charge in [0, 0.05) is 17.6 Å². The summed E-state index contributed by atoms with van der Waals surface area (Å²) in [4.78, 5) is -0.332. The monoisotopic (exact) mass is 337 g/mol. The predicted molar refractivity (Wildman–Crippen MR) is 68.1 cm³/mol. The molecule has 0 amide bonds. The second kappa shape index (κ2) is 5.24. The number of aliphatic hydroxyl groups is 1. The Hall–Kier alpha value is -0.500. The van der Waals surface area contributed by atoms with E-state index in [0.29, 0.717) is 12.8 Å². The van der Waals surface area contributed by atoms with Gasteiger partial charge in [-0.15, -0.1) is 0 Å². The molecule has 7 heteroatoms. The molecular weight excluding hydrogens is 325 g/mol. The third-order valence-corrected chi connectivity index (χ3v) is 5.84. The fourth-order valence-electron chi connectivity index (χ4n) is 1.94. The lowest BCUT2D eigenvalue weighted by atomic mass is 10.1. The van der Waals surface area contributed by atoms with Crippen LogP contribution in [-0.4, -0.2) is 37.0 Å². The van der Waals surface area contributed by atoms with E-state index in [1.807, 2.05) is 0 Å². The van der Waals surface area contributed by atoms with Gasteiger partial charge in [0.15, 0.2) is 0 Å². The van der Waals surface area contributed by atoms with E-state index < -0.39 is 21.9 Å². The minimum absolute atomic E-state index is 0.213. The Bertz CT molecular complexity index is 521. The van der Waals surface area contributed by atoms with Crippen molar-refractivity contribution in [3.63, 3.8) is 0 Å². The van der Waals surface area contributed by atoms with E-state index in [4.69, 9.17) is 0 Å². The summed E-state index contributed by atoms with van der Waals surface area (Å²) in [6.45, 7) is 0.425. The van der Waals surface area contributed by atoms with Gasteiger partial charge in [-0.2, -0.15) is 4.31 Å². The van der Waals surface area contributed by atoms with Gasteiger partial charge in [0.1, 0.15) is 10.7 Å². The molecule has 0 radical (unpaired) electrons. The zero-order chi connectivity index (χ0) is 13.3. The molecule has 1 saturated heterocycles. The van der Waals surface area contributed by atoms with Gasteiger partial charge in [-0.3, -0.25) is 0 Å². The number of sulfonamides is 1. The SMILES string of the molecule is O=S(=O)(c1c(F)cccc1Br)N1CCC(O)CC1. The highest BCUT2D eigenvalue weighted by atomic mass is 79.9. The molecule has 1 heterocycles. The Labute approximate surface area is 114 Å². The molecule has 18 heavy (non-hydrogen) atoms. The lowest BCUT2D eigenvalue weighted by Crippen LogP contribution is -2.40. The van der Waals surface area contributed by atoms with Crippen LogP contribution in [0.1, 0.15) is 12.8 Å². The fourth-order valence-corrected chi connectivity index (χ4v) is 4.47. The van der Waals surface area contributed by atoms with Crippen molar-refractivity contribution in [3.05, 3.63) is 28.5 Å². The lowest BCUT2D eigenvalue weighted by molar-refractivity contribution is 0.113. The van der Waals surface area contributed by atoms with Crippen LogP contribution >= 0.6 is 15.9 Å². The Kier molecular flexibility index (Phi) is 4.05. The van der Waals surface area contributed by atoms with Crippen LogP contribution in [0.25, 0.3) is 0 Å². The zero-order valence-electron chi connectivity index (χ0n) is 9.51. The summed E-state index contributed by atoms with van der Waals surface area (Å²) in [6, 6.07) is 4.06. The normalized spacial score (nSPS) is 19.1. The van der Waals surface area contributed by atoms with E-state index in [0.717, 1.165) is 6.07 Å². The Balaban J connectivity index is 2.37. The Morgan fingerprint density at radius 3 is 2.50 bits per heavy atom. The van der Waals surface area contributed by atoms with Crippen LogP contribution < -0.4 is 0 Å². The van der Waals surface area contributed by atoms with Crippen molar-refractivity contribution >= 4 is 26.0 Å². The third kappa shape index (κ3) is 2.59. The Morgan fingerprint density at radius 2 is 1.94 bits per heavy atom. The van der Waals surface area contributed by atoms with Crippen LogP contribution in [0.5, 0.6) is 0 Å². The largest absolute Gasteiger partial charge is 0.393 e. The molecule has 0 unspecified atom stereocenters. The third-order valence-electron chi connectivity index (χ3n) is 2.94. The quantitative estimate of drug-likeness (QED) is 0.894. The van der Waals surface area contributed by atoms with Crippen LogP contribution in [0, 0.1) is 5.82 Å². The van der Waals surface area contributed by atoms with E-state index in [1.165, 1.54) is 16.4 Å². The molecule has 1 N–H and O–H groups in total. The van der Waals surface area contributed by atoms with Crippen molar-refractivity contribution in [3.8, 4) is 0 Å². The second-order valence-corrected chi connectivity index (χ2v) is 6.92. The number of halogens is 2. The molecule has 0 aliphatic carbocycles. The highest BCUT2D eigenvalue weighted by molar-refractivity contribution is 9.10. The number of nitrogens with zero attached hydrogens (tertiary/aromatic N) is 1. The van der Waals surface area contributed by atoms with E-state index in [9.17, 15) is 17.9 Å². The van der Waals surface area contributed by atoms with Crippen molar-refractivity contribution in [2.75, 3.05) is 13.1 Å². The average molecular weight is 338 g/mol. The maximum atomic E-state index is 13.7. The molecule has 1 aromatic carbocycles. The maximum Gasteiger partial charge on any atom is 0.247 e. The number of benzene rings is 1. The van der Waals surface area contributed by atoms with Gasteiger partial charge in [-0.1, -0.05) is 6.07 Å². The van der Waals surface area contributed by atoms with Crippen LogP contribution in [0.2, 0.25) is 0 Å². The first kappa shape index (κ1) is 13.9. The summed E-state index contributed by atoms with van der Waals surface area (Å²) in [5.74, 6) is -0.768. The van der Waals surface area contributed by atoms with Gasteiger partial charge in [0.25, 0.3) is 0 Å². The van der Waals surface area contributed by atoms with Crippen molar-refractivity contribution in [2.45, 2.75) is 23.8 Å². The average Bonchev–Trinajstić information content (AvgIpc) is 2.29. The fraction of sp³-hybridized carbons (Fsp3) is 0.455.